The van der Waals surface area contributed by atoms with Crippen molar-refractivity contribution in [2.24, 2.45) is 7.05 Å². The predicted molar refractivity (Wildman–Crippen MR) is 117 cm³/mol. The monoisotopic (exact) mass is 442 g/mol. The molecule has 0 spiro atoms. The van der Waals surface area contributed by atoms with Crippen molar-refractivity contribution in [2.75, 3.05) is 13.1 Å². The number of carbonyl (C=O) groups is 1. The Morgan fingerprint density at radius 3 is 2.52 bits per heavy atom. The number of sulfonamides is 1. The highest BCUT2D eigenvalue weighted by molar-refractivity contribution is 7.89. The molecule has 0 saturated heterocycles. The van der Waals surface area contributed by atoms with Gasteiger partial charge in [0.25, 0.3) is 5.91 Å². The van der Waals surface area contributed by atoms with Gasteiger partial charge in [0.05, 0.1) is 4.90 Å². The van der Waals surface area contributed by atoms with Gasteiger partial charge in [-0.25, -0.2) is 18.1 Å². The highest BCUT2D eigenvalue weighted by Crippen LogP contribution is 2.16. The van der Waals surface area contributed by atoms with E-state index in [1.807, 2.05) is 30.8 Å². The number of amides is 1. The van der Waals surface area contributed by atoms with E-state index in [0.29, 0.717) is 23.5 Å². The summed E-state index contributed by atoms with van der Waals surface area (Å²) in [6.07, 6.45) is 3.54. The number of benzene rings is 2. The largest absolute Gasteiger partial charge is 0.486 e. The first-order valence-electron chi connectivity index (χ1n) is 9.80. The first-order chi connectivity index (χ1) is 14.8. The Balaban J connectivity index is 1.47. The van der Waals surface area contributed by atoms with E-state index in [0.717, 1.165) is 11.4 Å². The molecule has 9 heteroatoms. The summed E-state index contributed by atoms with van der Waals surface area (Å²) in [5.74, 6) is 1.13. The minimum Gasteiger partial charge on any atom is -0.486 e. The lowest BCUT2D eigenvalue weighted by atomic mass is 10.2. The number of nitrogens with one attached hydrogen (secondary N) is 2. The molecule has 0 radical (unpaired) electrons. The summed E-state index contributed by atoms with van der Waals surface area (Å²) < 4.78 is 35.0. The number of carbonyl (C=O) groups excluding carboxylic acids is 1. The standard InChI is InChI=1S/C22H26N4O4S/c1-16-4-5-17(2)20(14-16)31(28,29)25-11-10-24-22(27)18-6-8-19(9-7-18)30-15-21-23-12-13-26(21)3/h4-9,12-14,25H,10-11,15H2,1-3H3,(H,24,27). The maximum Gasteiger partial charge on any atom is 0.251 e. The van der Waals surface area contributed by atoms with Crippen molar-refractivity contribution in [1.82, 2.24) is 19.6 Å². The summed E-state index contributed by atoms with van der Waals surface area (Å²) in [5, 5.41) is 2.71. The first-order valence-corrected chi connectivity index (χ1v) is 11.3. The number of ether oxygens (including phenoxy) is 1. The third-order valence-corrected chi connectivity index (χ3v) is 6.34. The normalized spacial score (nSPS) is 11.3. The fourth-order valence-electron chi connectivity index (χ4n) is 2.92. The molecule has 8 nitrogen and oxygen atoms in total. The Kier molecular flexibility index (Phi) is 7.09. The third-order valence-electron chi connectivity index (χ3n) is 4.74. The highest BCUT2D eigenvalue weighted by Gasteiger charge is 2.16. The van der Waals surface area contributed by atoms with E-state index in [-0.39, 0.29) is 23.9 Å². The van der Waals surface area contributed by atoms with Crippen molar-refractivity contribution in [2.45, 2.75) is 25.3 Å². The van der Waals surface area contributed by atoms with E-state index in [4.69, 9.17) is 4.74 Å². The summed E-state index contributed by atoms with van der Waals surface area (Å²) in [5.41, 5.74) is 2.00. The zero-order chi connectivity index (χ0) is 22.4. The second-order valence-electron chi connectivity index (χ2n) is 7.19. The molecule has 0 atom stereocenters. The fourth-order valence-corrected chi connectivity index (χ4v) is 4.28. The SMILES string of the molecule is Cc1ccc(C)c(S(=O)(=O)NCCNC(=O)c2ccc(OCc3nccn3C)cc2)c1. The van der Waals surface area contributed by atoms with Crippen LogP contribution in [0.2, 0.25) is 0 Å². The molecule has 0 bridgehead atoms. The quantitative estimate of drug-likeness (QED) is 0.495. The van der Waals surface area contributed by atoms with Crippen LogP contribution in [0.1, 0.15) is 27.3 Å². The predicted octanol–water partition coefficient (Wildman–Crippen LogP) is 2.32. The Hall–Kier alpha value is -3.17. The van der Waals surface area contributed by atoms with Gasteiger partial charge in [0.2, 0.25) is 10.0 Å². The van der Waals surface area contributed by atoms with Crippen LogP contribution in [0.15, 0.2) is 59.8 Å². The number of aryl methyl sites for hydroxylation is 3. The molecule has 31 heavy (non-hydrogen) atoms. The van der Waals surface area contributed by atoms with Gasteiger partial charge in [-0.1, -0.05) is 12.1 Å². The second-order valence-corrected chi connectivity index (χ2v) is 8.93. The number of rotatable bonds is 9. The molecule has 0 aliphatic carbocycles. The van der Waals surface area contributed by atoms with Crippen LogP contribution in [-0.2, 0) is 23.7 Å². The van der Waals surface area contributed by atoms with Gasteiger partial charge in [0.15, 0.2) is 0 Å². The van der Waals surface area contributed by atoms with E-state index in [2.05, 4.69) is 15.0 Å². The van der Waals surface area contributed by atoms with Crippen molar-refractivity contribution in [1.29, 1.82) is 0 Å². The van der Waals surface area contributed by atoms with Crippen LogP contribution >= 0.6 is 0 Å². The second kappa shape index (κ2) is 9.76. The Bertz CT molecular complexity index is 1150. The lowest BCUT2D eigenvalue weighted by molar-refractivity contribution is 0.0954. The fraction of sp³-hybridized carbons (Fsp3) is 0.273. The van der Waals surface area contributed by atoms with Crippen LogP contribution in [0.4, 0.5) is 0 Å². The topological polar surface area (TPSA) is 102 Å². The van der Waals surface area contributed by atoms with Crippen LogP contribution < -0.4 is 14.8 Å². The van der Waals surface area contributed by atoms with Crippen molar-refractivity contribution >= 4 is 15.9 Å². The van der Waals surface area contributed by atoms with E-state index in [1.165, 1.54) is 0 Å². The number of hydrogen-bond acceptors (Lipinski definition) is 5. The van der Waals surface area contributed by atoms with Crippen LogP contribution in [0.25, 0.3) is 0 Å². The zero-order valence-corrected chi connectivity index (χ0v) is 18.6. The van der Waals surface area contributed by atoms with Gasteiger partial charge in [0.1, 0.15) is 18.2 Å². The molecule has 3 aromatic rings. The van der Waals surface area contributed by atoms with E-state index >= 15 is 0 Å². The van der Waals surface area contributed by atoms with Crippen molar-refractivity contribution in [3.8, 4) is 5.75 Å². The Morgan fingerprint density at radius 1 is 1.10 bits per heavy atom. The molecule has 2 aromatic carbocycles. The Morgan fingerprint density at radius 2 is 1.84 bits per heavy atom. The molecule has 1 heterocycles. The van der Waals surface area contributed by atoms with Gasteiger partial charge in [-0.15, -0.1) is 0 Å². The van der Waals surface area contributed by atoms with Gasteiger partial charge in [-0.2, -0.15) is 0 Å². The lowest BCUT2D eigenvalue weighted by Gasteiger charge is -2.11. The average molecular weight is 443 g/mol. The maximum atomic E-state index is 12.5. The molecule has 2 N–H and O–H groups in total. The molecule has 164 valence electrons. The molecule has 1 aromatic heterocycles. The lowest BCUT2D eigenvalue weighted by Crippen LogP contribution is -2.35. The van der Waals surface area contributed by atoms with E-state index in [1.54, 1.807) is 49.5 Å². The number of nitrogens with zero attached hydrogens (tertiary/aromatic N) is 2. The molecule has 0 aliphatic rings. The Labute approximate surface area is 182 Å². The smallest absolute Gasteiger partial charge is 0.251 e. The van der Waals surface area contributed by atoms with Crippen molar-refractivity contribution in [3.63, 3.8) is 0 Å². The molecule has 3 rings (SSSR count). The molecule has 0 aliphatic heterocycles. The molecule has 0 unspecified atom stereocenters. The van der Waals surface area contributed by atoms with Gasteiger partial charge >= 0.3 is 0 Å². The molecule has 0 saturated carbocycles. The molecular weight excluding hydrogens is 416 g/mol. The van der Waals surface area contributed by atoms with Crippen LogP contribution in [0, 0.1) is 13.8 Å². The van der Waals surface area contributed by atoms with Gasteiger partial charge in [-0.3, -0.25) is 4.79 Å². The highest BCUT2D eigenvalue weighted by atomic mass is 32.2. The van der Waals surface area contributed by atoms with Crippen LogP contribution in [-0.4, -0.2) is 37.0 Å². The number of imidazole rings is 1. The minimum atomic E-state index is -3.63. The van der Waals surface area contributed by atoms with Gasteiger partial charge in [0, 0.05) is 38.1 Å². The van der Waals surface area contributed by atoms with Crippen LogP contribution in [0.5, 0.6) is 5.75 Å². The summed E-state index contributed by atoms with van der Waals surface area (Å²) in [6.45, 7) is 4.18. The molecule has 1 amide bonds. The summed E-state index contributed by atoms with van der Waals surface area (Å²) in [6, 6.07) is 12.0. The van der Waals surface area contributed by atoms with Crippen molar-refractivity contribution in [3.05, 3.63) is 77.4 Å². The first kappa shape index (κ1) is 22.5. The number of aromatic nitrogens is 2. The zero-order valence-electron chi connectivity index (χ0n) is 17.8. The van der Waals surface area contributed by atoms with E-state index in [9.17, 15) is 13.2 Å². The molecular formula is C22H26N4O4S. The number of hydrogen-bond donors (Lipinski definition) is 2. The molecule has 0 fully saturated rings. The van der Waals surface area contributed by atoms with E-state index < -0.39 is 10.0 Å². The maximum absolute atomic E-state index is 12.5. The average Bonchev–Trinajstić information content (AvgIpc) is 3.16. The summed E-state index contributed by atoms with van der Waals surface area (Å²) in [4.78, 5) is 16.7. The van der Waals surface area contributed by atoms with Gasteiger partial charge in [-0.05, 0) is 55.3 Å². The third kappa shape index (κ3) is 5.93. The van der Waals surface area contributed by atoms with Gasteiger partial charge < -0.3 is 14.6 Å². The summed E-state index contributed by atoms with van der Waals surface area (Å²) in [7, 11) is -1.74. The summed E-state index contributed by atoms with van der Waals surface area (Å²) >= 11 is 0. The van der Waals surface area contributed by atoms with Crippen LogP contribution in [0.3, 0.4) is 0 Å². The minimum absolute atomic E-state index is 0.0896. The van der Waals surface area contributed by atoms with Crippen molar-refractivity contribution < 1.29 is 17.9 Å².